The Morgan fingerprint density at radius 2 is 1.71 bits per heavy atom. The molecule has 0 spiro atoms. The van der Waals surface area contributed by atoms with E-state index >= 15 is 0 Å². The van der Waals surface area contributed by atoms with Crippen LogP contribution < -0.4 is 0 Å². The summed E-state index contributed by atoms with van der Waals surface area (Å²) >= 11 is 0. The Bertz CT molecular complexity index is 1050. The summed E-state index contributed by atoms with van der Waals surface area (Å²) in [5.41, 5.74) is 2.04. The molecule has 6 nitrogen and oxygen atoms in total. The maximum atomic E-state index is 12.6. The van der Waals surface area contributed by atoms with Crippen LogP contribution >= 0.6 is 0 Å². The van der Waals surface area contributed by atoms with Crippen molar-refractivity contribution in [3.63, 3.8) is 0 Å². The second-order valence-electron chi connectivity index (χ2n) is 7.61. The summed E-state index contributed by atoms with van der Waals surface area (Å²) in [5.74, 6) is -0.582. The summed E-state index contributed by atoms with van der Waals surface area (Å²) in [6.45, 7) is 3.42. The number of nitrogens with zero attached hydrogens (tertiary/aromatic N) is 1. The fourth-order valence-corrected chi connectivity index (χ4v) is 7.54. The van der Waals surface area contributed by atoms with E-state index in [1.165, 1.54) is 12.1 Å². The third-order valence-corrected chi connectivity index (χ3v) is 9.09. The number of rotatable bonds is 5. The van der Waals surface area contributed by atoms with Crippen LogP contribution in [0.3, 0.4) is 0 Å². The van der Waals surface area contributed by atoms with E-state index in [0.29, 0.717) is 19.6 Å². The first-order chi connectivity index (χ1) is 13.2. The first-order valence-corrected chi connectivity index (χ1v) is 12.3. The van der Waals surface area contributed by atoms with Gasteiger partial charge < -0.3 is 0 Å². The number of likely N-dealkylation sites (tertiary alicyclic amines) is 1. The van der Waals surface area contributed by atoms with Crippen molar-refractivity contribution in [2.24, 2.45) is 5.92 Å². The summed E-state index contributed by atoms with van der Waals surface area (Å²) in [4.78, 5) is 2.12. The van der Waals surface area contributed by atoms with E-state index in [0.717, 1.165) is 11.1 Å². The molecule has 2 aliphatic rings. The largest absolute Gasteiger partial charge is 0.297 e. The van der Waals surface area contributed by atoms with Gasteiger partial charge in [-0.2, -0.15) is 8.42 Å². The highest BCUT2D eigenvalue weighted by molar-refractivity contribution is 7.92. The van der Waals surface area contributed by atoms with E-state index in [-0.39, 0.29) is 16.6 Å². The van der Waals surface area contributed by atoms with Crippen molar-refractivity contribution >= 4 is 20.0 Å². The van der Waals surface area contributed by atoms with Crippen LogP contribution in [-0.2, 0) is 30.7 Å². The Hall–Kier alpha value is -1.74. The molecular weight excluding hydrogens is 398 g/mol. The van der Waals surface area contributed by atoms with Crippen molar-refractivity contribution in [2.45, 2.75) is 29.7 Å². The van der Waals surface area contributed by atoms with Crippen LogP contribution in [-0.4, -0.2) is 51.9 Å². The van der Waals surface area contributed by atoms with Gasteiger partial charge in [0.25, 0.3) is 10.1 Å². The molecule has 0 saturated carbocycles. The fraction of sp³-hybridized carbons (Fsp3) is 0.400. The van der Waals surface area contributed by atoms with Crippen molar-refractivity contribution in [1.82, 2.24) is 4.90 Å². The number of benzene rings is 2. The first-order valence-electron chi connectivity index (χ1n) is 9.22. The number of aryl methyl sites for hydroxylation is 1. The minimum Gasteiger partial charge on any atom is -0.297 e. The van der Waals surface area contributed by atoms with Gasteiger partial charge in [-0.1, -0.05) is 48.0 Å². The molecule has 0 unspecified atom stereocenters. The lowest BCUT2D eigenvalue weighted by Crippen LogP contribution is -2.30. The van der Waals surface area contributed by atoms with Crippen molar-refractivity contribution < 1.29 is 21.0 Å². The zero-order chi connectivity index (χ0) is 19.9. The quantitative estimate of drug-likeness (QED) is 0.687. The van der Waals surface area contributed by atoms with Gasteiger partial charge in [-0.05, 0) is 24.6 Å². The van der Waals surface area contributed by atoms with Crippen molar-refractivity contribution in [1.29, 1.82) is 0 Å². The zero-order valence-corrected chi connectivity index (χ0v) is 17.2. The van der Waals surface area contributed by atoms with Crippen LogP contribution in [0.4, 0.5) is 0 Å². The SMILES string of the molecule is Cc1ccc(S(=O)(=O)O[C@@H]2CS(=O)(=O)[C@H]3CN(Cc4ccccc4)C[C@@H]23)cc1. The lowest BCUT2D eigenvalue weighted by Gasteiger charge is -2.20. The third-order valence-electron chi connectivity index (χ3n) is 5.53. The summed E-state index contributed by atoms with van der Waals surface area (Å²) in [7, 11) is -7.40. The van der Waals surface area contributed by atoms with E-state index < -0.39 is 31.3 Å². The lowest BCUT2D eigenvalue weighted by molar-refractivity contribution is 0.170. The van der Waals surface area contributed by atoms with Gasteiger partial charge >= 0.3 is 0 Å². The van der Waals surface area contributed by atoms with Gasteiger partial charge in [0.2, 0.25) is 0 Å². The zero-order valence-electron chi connectivity index (χ0n) is 15.6. The normalized spacial score (nSPS) is 27.0. The van der Waals surface area contributed by atoms with Crippen LogP contribution in [0.5, 0.6) is 0 Å². The fourth-order valence-electron chi connectivity index (χ4n) is 4.09. The highest BCUT2D eigenvalue weighted by Crippen LogP contribution is 2.37. The van der Waals surface area contributed by atoms with Gasteiger partial charge in [-0.15, -0.1) is 0 Å². The number of sulfone groups is 1. The molecule has 8 heteroatoms. The topological polar surface area (TPSA) is 80.8 Å². The molecule has 2 heterocycles. The second kappa shape index (κ2) is 7.26. The van der Waals surface area contributed by atoms with E-state index in [4.69, 9.17) is 4.18 Å². The van der Waals surface area contributed by atoms with Gasteiger partial charge in [0.15, 0.2) is 9.84 Å². The molecule has 28 heavy (non-hydrogen) atoms. The predicted molar refractivity (Wildman–Crippen MR) is 106 cm³/mol. The minimum absolute atomic E-state index is 0.0538. The van der Waals surface area contributed by atoms with Gasteiger partial charge in [0, 0.05) is 25.6 Å². The molecule has 0 amide bonds. The van der Waals surface area contributed by atoms with Gasteiger partial charge in [0.1, 0.15) is 0 Å². The molecule has 2 aromatic carbocycles. The Labute approximate surface area is 166 Å². The van der Waals surface area contributed by atoms with Gasteiger partial charge in [-0.25, -0.2) is 8.42 Å². The summed E-state index contributed by atoms with van der Waals surface area (Å²) in [6, 6.07) is 16.2. The first kappa shape index (κ1) is 19.6. The minimum atomic E-state index is -4.01. The molecular formula is C20H23NO5S2. The van der Waals surface area contributed by atoms with Crippen molar-refractivity contribution in [2.75, 3.05) is 18.8 Å². The van der Waals surface area contributed by atoms with Crippen molar-refractivity contribution in [3.8, 4) is 0 Å². The average Bonchev–Trinajstić information content (AvgIpc) is 3.15. The molecule has 2 aromatic rings. The second-order valence-corrected chi connectivity index (χ2v) is 11.5. The maximum Gasteiger partial charge on any atom is 0.297 e. The van der Waals surface area contributed by atoms with Crippen LogP contribution in [0.25, 0.3) is 0 Å². The molecule has 0 bridgehead atoms. The van der Waals surface area contributed by atoms with E-state index in [1.807, 2.05) is 37.3 Å². The predicted octanol–water partition coefficient (Wildman–Crippen LogP) is 2.00. The van der Waals surface area contributed by atoms with Crippen LogP contribution in [0, 0.1) is 12.8 Å². The molecule has 0 radical (unpaired) electrons. The Balaban J connectivity index is 1.52. The molecule has 150 valence electrons. The molecule has 0 N–H and O–H groups in total. The average molecular weight is 422 g/mol. The standard InChI is InChI=1S/C20H23NO5S2/c1-15-7-9-17(10-8-15)28(24,25)26-19-14-27(22,23)20-13-21(12-18(19)20)11-16-5-3-2-4-6-16/h2-10,18-20H,11-14H2,1H3/t18-,19+,20-/m0/s1. The molecule has 2 saturated heterocycles. The molecule has 0 aromatic heterocycles. The third kappa shape index (κ3) is 3.87. The van der Waals surface area contributed by atoms with Gasteiger partial charge in [-0.3, -0.25) is 9.08 Å². The number of hydrogen-bond donors (Lipinski definition) is 0. The summed E-state index contributed by atoms with van der Waals surface area (Å²) in [5, 5.41) is -0.575. The van der Waals surface area contributed by atoms with Gasteiger partial charge in [0.05, 0.1) is 22.0 Å². The monoisotopic (exact) mass is 421 g/mol. The van der Waals surface area contributed by atoms with Crippen LogP contribution in [0.1, 0.15) is 11.1 Å². The summed E-state index contributed by atoms with van der Waals surface area (Å²) < 4.78 is 56.0. The summed E-state index contributed by atoms with van der Waals surface area (Å²) in [6.07, 6.45) is -0.845. The van der Waals surface area contributed by atoms with E-state index in [1.54, 1.807) is 12.1 Å². The molecule has 3 atom stereocenters. The molecule has 2 fully saturated rings. The van der Waals surface area contributed by atoms with Crippen molar-refractivity contribution in [3.05, 3.63) is 65.7 Å². The molecule has 0 aliphatic carbocycles. The van der Waals surface area contributed by atoms with Crippen LogP contribution in [0.15, 0.2) is 59.5 Å². The number of fused-ring (bicyclic) bond motifs is 1. The van der Waals surface area contributed by atoms with E-state index in [2.05, 4.69) is 4.90 Å². The Morgan fingerprint density at radius 3 is 2.39 bits per heavy atom. The smallest absolute Gasteiger partial charge is 0.297 e. The molecule has 4 rings (SSSR count). The van der Waals surface area contributed by atoms with Crippen LogP contribution in [0.2, 0.25) is 0 Å². The highest BCUT2D eigenvalue weighted by atomic mass is 32.2. The highest BCUT2D eigenvalue weighted by Gasteiger charge is 2.53. The van der Waals surface area contributed by atoms with E-state index in [9.17, 15) is 16.8 Å². The molecule has 2 aliphatic heterocycles. The Morgan fingerprint density at radius 1 is 1.04 bits per heavy atom. The lowest BCUT2D eigenvalue weighted by atomic mass is 10.0. The Kier molecular flexibility index (Phi) is 5.07. The maximum absolute atomic E-state index is 12.6. The number of hydrogen-bond acceptors (Lipinski definition) is 6.